The van der Waals surface area contributed by atoms with Crippen LogP contribution in [-0.2, 0) is 6.54 Å². The van der Waals surface area contributed by atoms with Crippen LogP contribution < -0.4 is 10.6 Å². The molecule has 0 amide bonds. The van der Waals surface area contributed by atoms with Gasteiger partial charge >= 0.3 is 5.69 Å². The Hall–Kier alpha value is -2.82. The molecule has 9 heteroatoms. The summed E-state index contributed by atoms with van der Waals surface area (Å²) in [6.07, 6.45) is 1.25. The first-order valence-electron chi connectivity index (χ1n) is 7.53. The second-order valence-corrected chi connectivity index (χ2v) is 6.53. The highest BCUT2D eigenvalue weighted by molar-refractivity contribution is 14.1. The summed E-state index contributed by atoms with van der Waals surface area (Å²) in [7, 11) is 0. The summed E-state index contributed by atoms with van der Waals surface area (Å²) in [5.74, 6) is -0.166. The van der Waals surface area contributed by atoms with Gasteiger partial charge in [0.1, 0.15) is 12.1 Å². The van der Waals surface area contributed by atoms with Crippen LogP contribution in [0.25, 0.3) is 0 Å². The van der Waals surface area contributed by atoms with Gasteiger partial charge in [0.15, 0.2) is 0 Å². The van der Waals surface area contributed by atoms with E-state index in [1.165, 1.54) is 18.5 Å². The molecule has 26 heavy (non-hydrogen) atoms. The average molecular weight is 465 g/mol. The lowest BCUT2D eigenvalue weighted by Gasteiger charge is -2.10. The SMILES string of the molecule is O=[N+]([O-])c1c(NCc2ccc(F)cc2)ncnc1Nc1ccc(I)cc1. The van der Waals surface area contributed by atoms with Gasteiger partial charge in [-0.15, -0.1) is 0 Å². The van der Waals surface area contributed by atoms with Gasteiger partial charge in [-0.1, -0.05) is 12.1 Å². The molecule has 0 bridgehead atoms. The molecule has 0 aliphatic heterocycles. The average Bonchev–Trinajstić information content (AvgIpc) is 2.63. The maximum absolute atomic E-state index is 13.0. The molecule has 0 saturated carbocycles. The molecule has 0 radical (unpaired) electrons. The topological polar surface area (TPSA) is 93.0 Å². The molecule has 2 aromatic carbocycles. The first kappa shape index (κ1) is 18.0. The molecule has 3 aromatic rings. The molecule has 0 fully saturated rings. The number of nitro groups is 1. The maximum Gasteiger partial charge on any atom is 0.353 e. The normalized spacial score (nSPS) is 10.4. The quantitative estimate of drug-likeness (QED) is 0.317. The molecular formula is C17H13FIN5O2. The summed E-state index contributed by atoms with van der Waals surface area (Å²) >= 11 is 2.17. The van der Waals surface area contributed by atoms with Crippen molar-refractivity contribution < 1.29 is 9.31 Å². The first-order chi connectivity index (χ1) is 12.5. The van der Waals surface area contributed by atoms with Gasteiger partial charge in [0.05, 0.1) is 4.92 Å². The number of hydrogen-bond acceptors (Lipinski definition) is 6. The fourth-order valence-electron chi connectivity index (χ4n) is 2.23. The van der Waals surface area contributed by atoms with E-state index in [2.05, 4.69) is 43.2 Å². The monoisotopic (exact) mass is 465 g/mol. The Morgan fingerprint density at radius 1 is 1.04 bits per heavy atom. The van der Waals surface area contributed by atoms with Crippen molar-refractivity contribution >= 4 is 45.6 Å². The Labute approximate surface area is 162 Å². The lowest BCUT2D eigenvalue weighted by Crippen LogP contribution is -2.08. The highest BCUT2D eigenvalue weighted by Crippen LogP contribution is 2.31. The van der Waals surface area contributed by atoms with Crippen LogP contribution >= 0.6 is 22.6 Å². The fraction of sp³-hybridized carbons (Fsp3) is 0.0588. The van der Waals surface area contributed by atoms with Crippen molar-refractivity contribution in [2.75, 3.05) is 10.6 Å². The highest BCUT2D eigenvalue weighted by atomic mass is 127. The Balaban J connectivity index is 1.84. The standard InChI is InChI=1S/C17H13FIN5O2/c18-12-3-1-11(2-4-12)9-20-16-15(24(25)26)17(22-10-21-16)23-14-7-5-13(19)6-8-14/h1-8,10H,9H2,(H2,20,21,22,23). The predicted octanol–water partition coefficient (Wildman–Crippen LogP) is 4.48. The van der Waals surface area contributed by atoms with Crippen LogP contribution in [0.2, 0.25) is 0 Å². The number of aromatic nitrogens is 2. The minimum Gasteiger partial charge on any atom is -0.360 e. The van der Waals surface area contributed by atoms with E-state index in [0.717, 1.165) is 9.13 Å². The number of hydrogen-bond donors (Lipinski definition) is 2. The minimum absolute atomic E-state index is 0.0855. The number of benzene rings is 2. The summed E-state index contributed by atoms with van der Waals surface area (Å²) in [6.45, 7) is 0.265. The van der Waals surface area contributed by atoms with Gasteiger partial charge in [0.25, 0.3) is 0 Å². The molecule has 0 atom stereocenters. The Morgan fingerprint density at radius 3 is 2.35 bits per heavy atom. The predicted molar refractivity (Wildman–Crippen MR) is 105 cm³/mol. The van der Waals surface area contributed by atoms with Gasteiger partial charge in [-0.25, -0.2) is 14.4 Å². The van der Waals surface area contributed by atoms with Crippen molar-refractivity contribution in [1.29, 1.82) is 0 Å². The Kier molecular flexibility index (Phi) is 5.56. The number of anilines is 3. The van der Waals surface area contributed by atoms with Crippen LogP contribution in [0.4, 0.5) is 27.4 Å². The second-order valence-electron chi connectivity index (χ2n) is 5.29. The fourth-order valence-corrected chi connectivity index (χ4v) is 2.59. The Bertz CT molecular complexity index is 919. The van der Waals surface area contributed by atoms with Gasteiger partial charge in [-0.05, 0) is 64.6 Å². The van der Waals surface area contributed by atoms with E-state index in [9.17, 15) is 14.5 Å². The third kappa shape index (κ3) is 4.42. The molecule has 0 spiro atoms. The van der Waals surface area contributed by atoms with Crippen LogP contribution in [0.3, 0.4) is 0 Å². The van der Waals surface area contributed by atoms with E-state index < -0.39 is 4.92 Å². The molecule has 0 aliphatic rings. The van der Waals surface area contributed by atoms with Crippen LogP contribution in [0.5, 0.6) is 0 Å². The molecule has 3 rings (SSSR count). The zero-order chi connectivity index (χ0) is 18.5. The Morgan fingerprint density at radius 2 is 1.69 bits per heavy atom. The van der Waals surface area contributed by atoms with Crippen LogP contribution in [0.15, 0.2) is 54.9 Å². The number of rotatable bonds is 6. The highest BCUT2D eigenvalue weighted by Gasteiger charge is 2.23. The number of halogens is 2. The van der Waals surface area contributed by atoms with Crippen LogP contribution in [0.1, 0.15) is 5.56 Å². The molecule has 7 nitrogen and oxygen atoms in total. The van der Waals surface area contributed by atoms with E-state index in [4.69, 9.17) is 0 Å². The van der Waals surface area contributed by atoms with Gasteiger partial charge in [0, 0.05) is 15.8 Å². The van der Waals surface area contributed by atoms with Crippen LogP contribution in [0, 0.1) is 19.5 Å². The maximum atomic E-state index is 13.0. The summed E-state index contributed by atoms with van der Waals surface area (Å²) in [5.41, 5.74) is 1.19. The van der Waals surface area contributed by atoms with E-state index in [-0.39, 0.29) is 29.7 Å². The summed E-state index contributed by atoms with van der Waals surface area (Å²) in [4.78, 5) is 19.0. The molecule has 1 heterocycles. The van der Waals surface area contributed by atoms with Crippen molar-refractivity contribution in [3.8, 4) is 0 Å². The molecule has 0 aliphatic carbocycles. The van der Waals surface area contributed by atoms with E-state index >= 15 is 0 Å². The lowest BCUT2D eigenvalue weighted by molar-refractivity contribution is -0.383. The van der Waals surface area contributed by atoms with E-state index in [1.54, 1.807) is 24.3 Å². The third-order valence-electron chi connectivity index (χ3n) is 3.49. The third-order valence-corrected chi connectivity index (χ3v) is 4.20. The molecule has 0 saturated heterocycles. The summed E-state index contributed by atoms with van der Waals surface area (Å²) in [5, 5.41) is 17.4. The number of nitrogens with one attached hydrogen (secondary N) is 2. The summed E-state index contributed by atoms with van der Waals surface area (Å²) < 4.78 is 14.0. The number of nitrogens with zero attached hydrogens (tertiary/aromatic N) is 3. The van der Waals surface area contributed by atoms with Crippen molar-refractivity contribution in [3.05, 3.63) is 79.9 Å². The van der Waals surface area contributed by atoms with Crippen molar-refractivity contribution in [3.63, 3.8) is 0 Å². The molecule has 1 aromatic heterocycles. The van der Waals surface area contributed by atoms with Crippen molar-refractivity contribution in [2.45, 2.75) is 6.54 Å². The minimum atomic E-state index is -0.540. The van der Waals surface area contributed by atoms with Gasteiger partial charge in [-0.3, -0.25) is 10.1 Å². The second kappa shape index (κ2) is 8.04. The van der Waals surface area contributed by atoms with Crippen molar-refractivity contribution in [2.24, 2.45) is 0 Å². The molecule has 0 unspecified atom stereocenters. The summed E-state index contributed by atoms with van der Waals surface area (Å²) in [6, 6.07) is 13.2. The van der Waals surface area contributed by atoms with E-state index in [1.807, 2.05) is 12.1 Å². The zero-order valence-corrected chi connectivity index (χ0v) is 15.5. The van der Waals surface area contributed by atoms with E-state index in [0.29, 0.717) is 5.69 Å². The zero-order valence-electron chi connectivity index (χ0n) is 13.3. The largest absolute Gasteiger partial charge is 0.360 e. The van der Waals surface area contributed by atoms with Crippen molar-refractivity contribution in [1.82, 2.24) is 9.97 Å². The first-order valence-corrected chi connectivity index (χ1v) is 8.61. The van der Waals surface area contributed by atoms with Gasteiger partial charge < -0.3 is 10.6 Å². The smallest absolute Gasteiger partial charge is 0.353 e. The molecule has 2 N–H and O–H groups in total. The molecule has 132 valence electrons. The molecular weight excluding hydrogens is 452 g/mol. The van der Waals surface area contributed by atoms with Gasteiger partial charge in [0.2, 0.25) is 11.6 Å². The lowest BCUT2D eigenvalue weighted by atomic mass is 10.2. The van der Waals surface area contributed by atoms with Crippen LogP contribution in [-0.4, -0.2) is 14.9 Å². The van der Waals surface area contributed by atoms with Gasteiger partial charge in [-0.2, -0.15) is 0 Å².